The van der Waals surface area contributed by atoms with E-state index in [1.165, 1.54) is 12.3 Å². The highest BCUT2D eigenvalue weighted by Gasteiger charge is 2.33. The van der Waals surface area contributed by atoms with Crippen LogP contribution in [0.2, 0.25) is 0 Å². The van der Waals surface area contributed by atoms with Gasteiger partial charge in [-0.25, -0.2) is 0 Å². The molecule has 0 unspecified atom stereocenters. The number of fused-ring (bicyclic) bond motifs is 1. The van der Waals surface area contributed by atoms with Crippen molar-refractivity contribution in [3.05, 3.63) is 35.4 Å². The van der Waals surface area contributed by atoms with Gasteiger partial charge in [0.15, 0.2) is 0 Å². The third-order valence-electron chi connectivity index (χ3n) is 2.32. The number of hydrogen-bond donors (Lipinski definition) is 0. The Kier molecular flexibility index (Phi) is 2.96. The Morgan fingerprint density at radius 1 is 1.00 bits per heavy atom. The lowest BCUT2D eigenvalue weighted by atomic mass is 10.1. The summed E-state index contributed by atoms with van der Waals surface area (Å²) in [5.41, 5.74) is 3.21. The first-order chi connectivity index (χ1) is 5.17. The van der Waals surface area contributed by atoms with Gasteiger partial charge in [-0.3, -0.25) is 0 Å². The molecule has 0 fully saturated rings. The number of hydrogen-bond acceptors (Lipinski definition) is 0. The summed E-state index contributed by atoms with van der Waals surface area (Å²) in [4.78, 5) is 0. The summed E-state index contributed by atoms with van der Waals surface area (Å²) >= 11 is 0. The Balaban J connectivity index is 0.000000720. The topological polar surface area (TPSA) is 0 Å². The van der Waals surface area contributed by atoms with Crippen LogP contribution in [0.1, 0.15) is 11.1 Å². The Morgan fingerprint density at radius 3 is 1.83 bits per heavy atom. The summed E-state index contributed by atoms with van der Waals surface area (Å²) in [5.74, 6) is 0. The van der Waals surface area contributed by atoms with E-state index in [0.717, 1.165) is 0 Å². The molecule has 0 atom stereocenters. The standard InChI is InChI=1S/C10H14P.BrH/c1-11(2)7-9-5-3-4-6-10(9)8-11;/h3-6H,7-8H2,1-2H3;1H/q+1;/p-1. The molecule has 12 heavy (non-hydrogen) atoms. The summed E-state index contributed by atoms with van der Waals surface area (Å²) in [6, 6.07) is 8.88. The van der Waals surface area contributed by atoms with E-state index in [1.807, 2.05) is 0 Å². The van der Waals surface area contributed by atoms with E-state index in [1.54, 1.807) is 11.1 Å². The third-order valence-corrected chi connectivity index (χ3v) is 4.71. The van der Waals surface area contributed by atoms with Crippen molar-refractivity contribution < 1.29 is 17.0 Å². The van der Waals surface area contributed by atoms with Crippen LogP contribution in [0.3, 0.4) is 0 Å². The van der Waals surface area contributed by atoms with Crippen LogP contribution in [0, 0.1) is 0 Å². The summed E-state index contributed by atoms with van der Waals surface area (Å²) in [5, 5.41) is 0. The maximum absolute atomic E-state index is 2.45. The van der Waals surface area contributed by atoms with Crippen molar-refractivity contribution in [2.24, 2.45) is 0 Å². The first-order valence-electron chi connectivity index (χ1n) is 4.06. The normalized spacial score (nSPS) is 18.2. The van der Waals surface area contributed by atoms with Gasteiger partial charge in [0.1, 0.15) is 0 Å². The summed E-state index contributed by atoms with van der Waals surface area (Å²) in [7, 11) is -0.575. The Bertz CT molecular complexity index is 254. The minimum Gasteiger partial charge on any atom is -1.00 e. The molecule has 0 nitrogen and oxygen atoms in total. The average Bonchev–Trinajstić information content (AvgIpc) is 2.21. The highest BCUT2D eigenvalue weighted by molar-refractivity contribution is 7.73. The lowest BCUT2D eigenvalue weighted by Crippen LogP contribution is -3.00. The zero-order valence-corrected chi connectivity index (χ0v) is 10.0. The molecule has 0 spiro atoms. The zero-order chi connectivity index (χ0) is 7.90. The first-order valence-corrected chi connectivity index (χ1v) is 7.12. The Morgan fingerprint density at radius 2 is 1.42 bits per heavy atom. The first kappa shape index (κ1) is 10.2. The van der Waals surface area contributed by atoms with Gasteiger partial charge < -0.3 is 17.0 Å². The van der Waals surface area contributed by atoms with Crippen molar-refractivity contribution in [3.8, 4) is 0 Å². The molecule has 0 radical (unpaired) electrons. The molecular formula is C10H14BrP. The van der Waals surface area contributed by atoms with E-state index in [0.29, 0.717) is 0 Å². The van der Waals surface area contributed by atoms with Crippen LogP contribution in [0.15, 0.2) is 24.3 Å². The van der Waals surface area contributed by atoms with Gasteiger partial charge in [-0.2, -0.15) is 0 Å². The highest BCUT2D eigenvalue weighted by Crippen LogP contribution is 2.62. The smallest absolute Gasteiger partial charge is 0.0844 e. The van der Waals surface area contributed by atoms with Crippen LogP contribution < -0.4 is 17.0 Å². The van der Waals surface area contributed by atoms with Gasteiger partial charge in [0.2, 0.25) is 0 Å². The molecule has 66 valence electrons. The van der Waals surface area contributed by atoms with Gasteiger partial charge in [0, 0.05) is 20.6 Å². The predicted octanol–water partition coefficient (Wildman–Crippen LogP) is -0.0186. The van der Waals surface area contributed by atoms with Crippen molar-refractivity contribution in [2.75, 3.05) is 13.3 Å². The molecule has 1 aromatic carbocycles. The van der Waals surface area contributed by atoms with Crippen LogP contribution in [-0.4, -0.2) is 13.3 Å². The SMILES string of the molecule is C[P+]1(C)Cc2ccccc2C1.[Br-]. The van der Waals surface area contributed by atoms with Crippen LogP contribution in [0.5, 0.6) is 0 Å². The van der Waals surface area contributed by atoms with Crippen molar-refractivity contribution in [1.29, 1.82) is 0 Å². The number of rotatable bonds is 0. The molecule has 2 heteroatoms. The van der Waals surface area contributed by atoms with Gasteiger partial charge in [-0.05, 0) is 11.1 Å². The van der Waals surface area contributed by atoms with Crippen molar-refractivity contribution in [1.82, 2.24) is 0 Å². The van der Waals surface area contributed by atoms with E-state index in [-0.39, 0.29) is 17.0 Å². The van der Waals surface area contributed by atoms with Crippen LogP contribution >= 0.6 is 7.26 Å². The second-order valence-electron chi connectivity index (χ2n) is 4.02. The number of halogens is 1. The average molecular weight is 245 g/mol. The molecule has 0 amide bonds. The van der Waals surface area contributed by atoms with Crippen molar-refractivity contribution in [2.45, 2.75) is 12.3 Å². The van der Waals surface area contributed by atoms with Crippen LogP contribution in [0.4, 0.5) is 0 Å². The van der Waals surface area contributed by atoms with E-state index in [2.05, 4.69) is 37.6 Å². The quantitative estimate of drug-likeness (QED) is 0.564. The minimum atomic E-state index is -0.575. The monoisotopic (exact) mass is 244 g/mol. The molecule has 0 saturated carbocycles. The fourth-order valence-electron chi connectivity index (χ4n) is 1.84. The summed E-state index contributed by atoms with van der Waals surface area (Å²) in [6.45, 7) is 4.90. The summed E-state index contributed by atoms with van der Waals surface area (Å²) in [6.07, 6.45) is 2.73. The molecule has 0 saturated heterocycles. The second kappa shape index (κ2) is 3.47. The molecule has 0 bridgehead atoms. The van der Waals surface area contributed by atoms with Gasteiger partial charge >= 0.3 is 0 Å². The van der Waals surface area contributed by atoms with E-state index < -0.39 is 7.26 Å². The lowest BCUT2D eigenvalue weighted by Gasteiger charge is -2.07. The Hall–Kier alpha value is 0.130. The molecule has 1 aliphatic rings. The molecule has 1 heterocycles. The molecule has 0 aliphatic carbocycles. The number of benzene rings is 1. The van der Waals surface area contributed by atoms with E-state index in [4.69, 9.17) is 0 Å². The van der Waals surface area contributed by atoms with E-state index >= 15 is 0 Å². The van der Waals surface area contributed by atoms with Gasteiger partial charge in [-0.1, -0.05) is 24.3 Å². The predicted molar refractivity (Wildman–Crippen MR) is 52.6 cm³/mol. The highest BCUT2D eigenvalue weighted by atomic mass is 79.9. The molecule has 1 aromatic rings. The van der Waals surface area contributed by atoms with Gasteiger partial charge in [0.05, 0.1) is 12.3 Å². The fraction of sp³-hybridized carbons (Fsp3) is 0.400. The largest absolute Gasteiger partial charge is 1.00 e. The zero-order valence-electron chi connectivity index (χ0n) is 7.55. The minimum absolute atomic E-state index is 0. The molecule has 2 rings (SSSR count). The fourth-order valence-corrected chi connectivity index (χ4v) is 4.42. The maximum Gasteiger partial charge on any atom is 0.0844 e. The molecule has 0 N–H and O–H groups in total. The van der Waals surface area contributed by atoms with E-state index in [9.17, 15) is 0 Å². The van der Waals surface area contributed by atoms with Crippen molar-refractivity contribution in [3.63, 3.8) is 0 Å². The molecule has 1 aliphatic heterocycles. The van der Waals surface area contributed by atoms with Gasteiger partial charge in [0.25, 0.3) is 0 Å². The third kappa shape index (κ3) is 1.89. The van der Waals surface area contributed by atoms with Crippen LogP contribution in [0.25, 0.3) is 0 Å². The molecule has 0 aromatic heterocycles. The lowest BCUT2D eigenvalue weighted by molar-refractivity contribution is -0.00000253. The van der Waals surface area contributed by atoms with Crippen LogP contribution in [-0.2, 0) is 12.3 Å². The molecular weight excluding hydrogens is 231 g/mol. The second-order valence-corrected chi connectivity index (χ2v) is 8.52. The maximum atomic E-state index is 2.45. The Labute approximate surface area is 85.5 Å². The van der Waals surface area contributed by atoms with Crippen molar-refractivity contribution >= 4 is 7.26 Å². The summed E-state index contributed by atoms with van der Waals surface area (Å²) < 4.78 is 0. The van der Waals surface area contributed by atoms with Gasteiger partial charge in [-0.15, -0.1) is 0 Å².